The molecule has 32 heavy (non-hydrogen) atoms. The van der Waals surface area contributed by atoms with Crippen LogP contribution >= 0.6 is 0 Å². The number of rotatable bonds is 3. The molecule has 12 nitrogen and oxygen atoms in total. The van der Waals surface area contributed by atoms with Crippen LogP contribution in [0.15, 0.2) is 40.2 Å². The molecule has 12 heteroatoms. The highest BCUT2D eigenvalue weighted by Gasteiger charge is 2.33. The average molecular weight is 442 g/mol. The summed E-state index contributed by atoms with van der Waals surface area (Å²) >= 11 is 0. The Labute approximate surface area is 181 Å². The van der Waals surface area contributed by atoms with Crippen molar-refractivity contribution in [1.82, 2.24) is 28.5 Å². The van der Waals surface area contributed by atoms with E-state index in [2.05, 4.69) is 4.98 Å². The molecule has 1 aliphatic heterocycles. The number of aryl methyl sites for hydroxylation is 1. The van der Waals surface area contributed by atoms with Gasteiger partial charge in [-0.25, -0.2) is 19.4 Å². The monoisotopic (exact) mass is 442 g/mol. The second-order valence-corrected chi connectivity index (χ2v) is 7.68. The molecule has 2 amide bonds. The fourth-order valence-electron chi connectivity index (χ4n) is 4.16. The molecule has 1 unspecified atom stereocenters. The van der Waals surface area contributed by atoms with E-state index in [1.807, 2.05) is 0 Å². The van der Waals surface area contributed by atoms with E-state index in [0.29, 0.717) is 11.3 Å². The summed E-state index contributed by atoms with van der Waals surface area (Å²) in [6, 6.07) is 6.53. The first-order chi connectivity index (χ1) is 15.2. The zero-order chi connectivity index (χ0) is 23.2. The molecule has 1 aromatic carbocycles. The van der Waals surface area contributed by atoms with Crippen molar-refractivity contribution in [3.05, 3.63) is 57.0 Å². The number of aromatic nitrogens is 4. The molecule has 0 aliphatic carbocycles. The Bertz CT molecular complexity index is 1340. The molecule has 2 aromatic heterocycles. The molecule has 3 aromatic rings. The van der Waals surface area contributed by atoms with Crippen LogP contribution < -0.4 is 11.2 Å². The summed E-state index contributed by atoms with van der Waals surface area (Å²) in [6.07, 6.45) is -0.533. The molecule has 0 radical (unpaired) electrons. The highest BCUT2D eigenvalue weighted by atomic mass is 16.4. The number of hydrogen-bond acceptors (Lipinski definition) is 5. The second-order valence-electron chi connectivity index (χ2n) is 7.68. The molecular weight excluding hydrogens is 420 g/mol. The molecule has 0 spiro atoms. The lowest BCUT2D eigenvalue weighted by molar-refractivity contribution is 0.0639. The largest absolute Gasteiger partial charge is 0.465 e. The van der Waals surface area contributed by atoms with Crippen LogP contribution in [0, 0.1) is 0 Å². The number of nitrogens with zero attached hydrogens (tertiary/aromatic N) is 6. The summed E-state index contributed by atoms with van der Waals surface area (Å²) in [5.74, 6) is 0. The minimum Gasteiger partial charge on any atom is -0.465 e. The van der Waals surface area contributed by atoms with Gasteiger partial charge in [-0.15, -0.1) is 0 Å². The topological polar surface area (TPSA) is 143 Å². The van der Waals surface area contributed by atoms with E-state index in [-0.39, 0.29) is 37.2 Å². The third kappa shape index (κ3) is 3.39. The molecule has 3 heterocycles. The van der Waals surface area contributed by atoms with Gasteiger partial charge in [-0.2, -0.15) is 0 Å². The summed E-state index contributed by atoms with van der Waals surface area (Å²) in [6.45, 7) is 0.220. The van der Waals surface area contributed by atoms with Crippen LogP contribution in [0.3, 0.4) is 0 Å². The van der Waals surface area contributed by atoms with E-state index < -0.39 is 29.5 Å². The maximum Gasteiger partial charge on any atom is 0.407 e. The van der Waals surface area contributed by atoms with Crippen molar-refractivity contribution < 1.29 is 19.8 Å². The molecule has 1 aliphatic rings. The van der Waals surface area contributed by atoms with Gasteiger partial charge in [-0.3, -0.25) is 18.5 Å². The van der Waals surface area contributed by atoms with Gasteiger partial charge in [-0.1, -0.05) is 18.2 Å². The number of benzene rings is 1. The predicted octanol–water partition coefficient (Wildman–Crippen LogP) is 0.308. The highest BCUT2D eigenvalue weighted by Crippen LogP contribution is 2.23. The number of para-hydroxylation sites is 1. The summed E-state index contributed by atoms with van der Waals surface area (Å²) in [5, 5.41) is 19.0. The van der Waals surface area contributed by atoms with Gasteiger partial charge in [0, 0.05) is 33.7 Å². The minimum atomic E-state index is -1.12. The number of carboxylic acid groups (broad SMARTS) is 2. The SMILES string of the molecule is Cn1c(=O)c2c(ncn2-c2ccccc2CC2CN(C(=O)O)CCN2C(=O)O)n(C)c1=O. The molecule has 1 fully saturated rings. The van der Waals surface area contributed by atoms with Gasteiger partial charge >= 0.3 is 17.9 Å². The Balaban J connectivity index is 1.81. The highest BCUT2D eigenvalue weighted by molar-refractivity contribution is 5.73. The van der Waals surface area contributed by atoms with Crippen LogP contribution in [-0.2, 0) is 20.5 Å². The number of hydrogen-bond donors (Lipinski definition) is 2. The Hall–Kier alpha value is -4.09. The van der Waals surface area contributed by atoms with Gasteiger partial charge < -0.3 is 20.0 Å². The van der Waals surface area contributed by atoms with E-state index in [4.69, 9.17) is 0 Å². The summed E-state index contributed by atoms with van der Waals surface area (Å²) in [7, 11) is 2.92. The fourth-order valence-corrected chi connectivity index (χ4v) is 4.16. The Morgan fingerprint density at radius 1 is 1.06 bits per heavy atom. The first-order valence-electron chi connectivity index (χ1n) is 9.89. The van der Waals surface area contributed by atoms with E-state index in [9.17, 15) is 29.4 Å². The Morgan fingerprint density at radius 3 is 2.47 bits per heavy atom. The second kappa shape index (κ2) is 7.87. The van der Waals surface area contributed by atoms with Gasteiger partial charge in [0.05, 0.1) is 11.7 Å². The first kappa shape index (κ1) is 21.2. The van der Waals surface area contributed by atoms with Gasteiger partial charge in [0.2, 0.25) is 0 Å². The molecule has 0 saturated carbocycles. The lowest BCUT2D eigenvalue weighted by atomic mass is 10.0. The zero-order valence-electron chi connectivity index (χ0n) is 17.5. The van der Waals surface area contributed by atoms with E-state index in [1.54, 1.807) is 28.8 Å². The van der Waals surface area contributed by atoms with Crippen LogP contribution in [0.25, 0.3) is 16.9 Å². The number of amides is 2. The number of imidazole rings is 1. The maximum absolute atomic E-state index is 12.8. The van der Waals surface area contributed by atoms with Crippen LogP contribution in [0.5, 0.6) is 0 Å². The molecule has 0 bridgehead atoms. The number of piperazine rings is 1. The minimum absolute atomic E-state index is 0.0386. The molecule has 1 atom stereocenters. The van der Waals surface area contributed by atoms with Crippen molar-refractivity contribution >= 4 is 23.4 Å². The average Bonchev–Trinajstić information content (AvgIpc) is 3.21. The normalized spacial score (nSPS) is 16.5. The fraction of sp³-hybridized carbons (Fsp3) is 0.350. The van der Waals surface area contributed by atoms with Crippen LogP contribution in [0.1, 0.15) is 5.56 Å². The maximum atomic E-state index is 12.8. The lowest BCUT2D eigenvalue weighted by Crippen LogP contribution is -2.56. The van der Waals surface area contributed by atoms with Gasteiger partial charge in [0.1, 0.15) is 6.33 Å². The summed E-state index contributed by atoms with van der Waals surface area (Å²) < 4.78 is 3.87. The van der Waals surface area contributed by atoms with E-state index >= 15 is 0 Å². The molecular formula is C20H22N6O6. The van der Waals surface area contributed by atoms with Crippen LogP contribution in [-0.4, -0.2) is 76.6 Å². The number of fused-ring (bicyclic) bond motifs is 1. The third-order valence-electron chi connectivity index (χ3n) is 5.85. The van der Waals surface area contributed by atoms with Crippen molar-refractivity contribution in [2.24, 2.45) is 14.1 Å². The molecule has 168 valence electrons. The first-order valence-corrected chi connectivity index (χ1v) is 9.89. The summed E-state index contributed by atoms with van der Waals surface area (Å²) in [5.41, 5.74) is 0.767. The smallest absolute Gasteiger partial charge is 0.407 e. The van der Waals surface area contributed by atoms with Gasteiger partial charge in [0.15, 0.2) is 11.2 Å². The quantitative estimate of drug-likeness (QED) is 0.594. The van der Waals surface area contributed by atoms with Crippen LogP contribution in [0.2, 0.25) is 0 Å². The third-order valence-corrected chi connectivity index (χ3v) is 5.85. The van der Waals surface area contributed by atoms with Crippen molar-refractivity contribution in [3.63, 3.8) is 0 Å². The zero-order valence-corrected chi connectivity index (χ0v) is 17.5. The molecule has 1 saturated heterocycles. The molecule has 2 N–H and O–H groups in total. The van der Waals surface area contributed by atoms with Crippen molar-refractivity contribution in [2.45, 2.75) is 12.5 Å². The van der Waals surface area contributed by atoms with Gasteiger partial charge in [-0.05, 0) is 18.1 Å². The van der Waals surface area contributed by atoms with Crippen molar-refractivity contribution in [1.29, 1.82) is 0 Å². The van der Waals surface area contributed by atoms with Crippen molar-refractivity contribution in [2.75, 3.05) is 19.6 Å². The standard InChI is InChI=1S/C20H22N6O6/c1-22-16-15(17(27)23(2)18(22)28)26(11-21-16)14-6-4-3-5-12(14)9-13-10-24(19(29)30)7-8-25(13)20(31)32/h3-6,11,13H,7-10H2,1-2H3,(H,29,30)(H,31,32). The Morgan fingerprint density at radius 2 is 1.78 bits per heavy atom. The number of carbonyl (C=O) groups is 2. The molecule has 4 rings (SSSR count). The summed E-state index contributed by atoms with van der Waals surface area (Å²) in [4.78, 5) is 54.9. The lowest BCUT2D eigenvalue weighted by Gasteiger charge is -2.39. The Kier molecular flexibility index (Phi) is 5.20. The van der Waals surface area contributed by atoms with E-state index in [0.717, 1.165) is 4.57 Å². The van der Waals surface area contributed by atoms with Gasteiger partial charge in [0.25, 0.3) is 5.56 Å². The predicted molar refractivity (Wildman–Crippen MR) is 113 cm³/mol. The van der Waals surface area contributed by atoms with Crippen molar-refractivity contribution in [3.8, 4) is 5.69 Å². The van der Waals surface area contributed by atoms with E-state index in [1.165, 1.54) is 34.8 Å². The van der Waals surface area contributed by atoms with Crippen LogP contribution in [0.4, 0.5) is 9.59 Å².